The molecule has 1 fully saturated rings. The second kappa shape index (κ2) is 8.21. The van der Waals surface area contributed by atoms with Crippen LogP contribution < -0.4 is 10.6 Å². The summed E-state index contributed by atoms with van der Waals surface area (Å²) in [6.07, 6.45) is 6.86. The first-order chi connectivity index (χ1) is 12.1. The number of fused-ring (bicyclic) bond motifs is 1. The summed E-state index contributed by atoms with van der Waals surface area (Å²) in [7, 11) is 1.85. The van der Waals surface area contributed by atoms with Crippen molar-refractivity contribution in [2.24, 2.45) is 10.9 Å². The van der Waals surface area contributed by atoms with Crippen molar-refractivity contribution in [2.45, 2.75) is 65.1 Å². The molecule has 0 amide bonds. The Labute approximate surface area is 152 Å². The van der Waals surface area contributed by atoms with E-state index in [1.54, 1.807) is 0 Å². The van der Waals surface area contributed by atoms with Gasteiger partial charge in [0.25, 0.3) is 0 Å². The lowest BCUT2D eigenvalue weighted by molar-refractivity contribution is 0.265. The summed E-state index contributed by atoms with van der Waals surface area (Å²) in [6, 6.07) is 1.07. The molecule has 2 unspecified atom stereocenters. The molecule has 2 atom stereocenters. The molecule has 0 radical (unpaired) electrons. The van der Waals surface area contributed by atoms with E-state index in [1.807, 2.05) is 7.05 Å². The molecule has 0 aromatic carbocycles. The molecule has 0 saturated carbocycles. The molecular weight excluding hydrogens is 312 g/mol. The minimum Gasteiger partial charge on any atom is -0.356 e. The molecule has 140 valence electrons. The first kappa shape index (κ1) is 18.2. The zero-order chi connectivity index (χ0) is 17.8. The van der Waals surface area contributed by atoms with Crippen molar-refractivity contribution in [1.82, 2.24) is 25.1 Å². The summed E-state index contributed by atoms with van der Waals surface area (Å²) in [5.74, 6) is 2.81. The lowest BCUT2D eigenvalue weighted by Gasteiger charge is -2.21. The van der Waals surface area contributed by atoms with Gasteiger partial charge in [0.05, 0.1) is 5.69 Å². The van der Waals surface area contributed by atoms with Crippen molar-refractivity contribution in [3.63, 3.8) is 0 Å². The molecule has 0 bridgehead atoms. The smallest absolute Gasteiger partial charge is 0.191 e. The third-order valence-corrected chi connectivity index (χ3v) is 5.55. The highest BCUT2D eigenvalue weighted by Gasteiger charge is 2.31. The van der Waals surface area contributed by atoms with E-state index in [1.165, 1.54) is 24.4 Å². The second-order valence-corrected chi connectivity index (χ2v) is 7.82. The highest BCUT2D eigenvalue weighted by molar-refractivity contribution is 5.80. The third kappa shape index (κ3) is 4.54. The maximum Gasteiger partial charge on any atom is 0.191 e. The number of aryl methyl sites for hydroxylation is 2. The molecule has 6 heteroatoms. The van der Waals surface area contributed by atoms with E-state index in [0.717, 1.165) is 45.0 Å². The molecule has 3 rings (SSSR count). The van der Waals surface area contributed by atoms with Crippen molar-refractivity contribution in [1.29, 1.82) is 0 Å². The van der Waals surface area contributed by atoms with Gasteiger partial charge in [0.2, 0.25) is 0 Å². The number of nitrogens with zero attached hydrogens (tertiary/aromatic N) is 4. The predicted octanol–water partition coefficient (Wildman–Crippen LogP) is 1.66. The fourth-order valence-corrected chi connectivity index (χ4v) is 3.89. The minimum absolute atomic E-state index is 0.466. The summed E-state index contributed by atoms with van der Waals surface area (Å²) in [6.45, 7) is 11.1. The highest BCUT2D eigenvalue weighted by atomic mass is 15.3. The minimum atomic E-state index is 0.466. The van der Waals surface area contributed by atoms with Gasteiger partial charge < -0.3 is 15.2 Å². The van der Waals surface area contributed by atoms with Crippen LogP contribution in [0.2, 0.25) is 0 Å². The van der Waals surface area contributed by atoms with E-state index in [4.69, 9.17) is 4.98 Å². The van der Waals surface area contributed by atoms with Gasteiger partial charge in [0, 0.05) is 64.3 Å². The SMILES string of the molecule is CN=C(NCCc1cn2c(n1)CCCC2)NC1CN(C(C)C)CC1C. The summed E-state index contributed by atoms with van der Waals surface area (Å²) < 4.78 is 2.33. The first-order valence-electron chi connectivity index (χ1n) is 9.83. The van der Waals surface area contributed by atoms with Gasteiger partial charge >= 0.3 is 0 Å². The van der Waals surface area contributed by atoms with Crippen LogP contribution in [0.25, 0.3) is 0 Å². The molecular formula is C19H34N6. The molecule has 1 saturated heterocycles. The topological polar surface area (TPSA) is 57.5 Å². The zero-order valence-corrected chi connectivity index (χ0v) is 16.3. The molecule has 25 heavy (non-hydrogen) atoms. The van der Waals surface area contributed by atoms with Gasteiger partial charge in [0.15, 0.2) is 5.96 Å². The quantitative estimate of drug-likeness (QED) is 0.629. The van der Waals surface area contributed by atoms with Crippen LogP contribution in [-0.2, 0) is 19.4 Å². The summed E-state index contributed by atoms with van der Waals surface area (Å²) >= 11 is 0. The van der Waals surface area contributed by atoms with E-state index in [2.05, 4.69) is 52.1 Å². The first-order valence-corrected chi connectivity index (χ1v) is 9.83. The Balaban J connectivity index is 1.46. The fraction of sp³-hybridized carbons (Fsp3) is 0.789. The normalized spacial score (nSPS) is 24.6. The molecule has 0 aliphatic carbocycles. The number of aromatic nitrogens is 2. The Morgan fingerprint density at radius 1 is 1.36 bits per heavy atom. The monoisotopic (exact) mass is 346 g/mol. The number of nitrogens with one attached hydrogen (secondary N) is 2. The van der Waals surface area contributed by atoms with Crippen LogP contribution >= 0.6 is 0 Å². The summed E-state index contributed by atoms with van der Waals surface area (Å²) in [4.78, 5) is 11.7. The van der Waals surface area contributed by atoms with Gasteiger partial charge in [-0.25, -0.2) is 4.98 Å². The Bertz CT molecular complexity index is 567. The lowest BCUT2D eigenvalue weighted by atomic mass is 10.1. The molecule has 2 aliphatic heterocycles. The molecule has 3 heterocycles. The number of hydrogen-bond acceptors (Lipinski definition) is 3. The van der Waals surface area contributed by atoms with E-state index in [-0.39, 0.29) is 0 Å². The Morgan fingerprint density at radius 2 is 2.20 bits per heavy atom. The molecule has 2 N–H and O–H groups in total. The zero-order valence-electron chi connectivity index (χ0n) is 16.3. The van der Waals surface area contributed by atoms with Crippen LogP contribution in [0.1, 0.15) is 45.1 Å². The summed E-state index contributed by atoms with van der Waals surface area (Å²) in [5.41, 5.74) is 1.19. The van der Waals surface area contributed by atoms with Gasteiger partial charge in [-0.1, -0.05) is 6.92 Å². The standard InChI is InChI=1S/C19H34N6/c1-14(2)25-11-15(3)17(13-25)23-19(20-4)21-9-8-16-12-24-10-6-5-7-18(24)22-16/h12,14-15,17H,5-11,13H2,1-4H3,(H2,20,21,23). The van der Waals surface area contributed by atoms with Crippen LogP contribution in [0, 0.1) is 5.92 Å². The fourth-order valence-electron chi connectivity index (χ4n) is 3.89. The Kier molecular flexibility index (Phi) is 5.99. The van der Waals surface area contributed by atoms with Gasteiger partial charge in [-0.2, -0.15) is 0 Å². The Hall–Kier alpha value is -1.56. The predicted molar refractivity (Wildman–Crippen MR) is 103 cm³/mol. The average molecular weight is 347 g/mol. The largest absolute Gasteiger partial charge is 0.356 e. The highest BCUT2D eigenvalue weighted by Crippen LogP contribution is 2.18. The second-order valence-electron chi connectivity index (χ2n) is 7.82. The number of likely N-dealkylation sites (tertiary alicyclic amines) is 1. The average Bonchev–Trinajstić information content (AvgIpc) is 3.17. The van der Waals surface area contributed by atoms with Crippen LogP contribution in [-0.4, -0.2) is 59.2 Å². The van der Waals surface area contributed by atoms with Gasteiger partial charge in [-0.15, -0.1) is 0 Å². The van der Waals surface area contributed by atoms with Crippen LogP contribution in [0.5, 0.6) is 0 Å². The van der Waals surface area contributed by atoms with Crippen LogP contribution in [0.3, 0.4) is 0 Å². The number of rotatable bonds is 5. The number of guanidine groups is 1. The van der Waals surface area contributed by atoms with E-state index < -0.39 is 0 Å². The lowest BCUT2D eigenvalue weighted by Crippen LogP contribution is -2.47. The maximum absolute atomic E-state index is 4.77. The molecule has 1 aromatic rings. The van der Waals surface area contributed by atoms with Crippen molar-refractivity contribution >= 4 is 5.96 Å². The number of imidazole rings is 1. The van der Waals surface area contributed by atoms with Gasteiger partial charge in [-0.3, -0.25) is 9.89 Å². The van der Waals surface area contributed by atoms with Crippen molar-refractivity contribution < 1.29 is 0 Å². The van der Waals surface area contributed by atoms with E-state index in [0.29, 0.717) is 18.0 Å². The van der Waals surface area contributed by atoms with Gasteiger partial charge in [0.1, 0.15) is 5.82 Å². The van der Waals surface area contributed by atoms with Crippen LogP contribution in [0.4, 0.5) is 0 Å². The third-order valence-electron chi connectivity index (χ3n) is 5.55. The van der Waals surface area contributed by atoms with Crippen LogP contribution in [0.15, 0.2) is 11.2 Å². The molecule has 1 aromatic heterocycles. The van der Waals surface area contributed by atoms with Gasteiger partial charge in [-0.05, 0) is 32.6 Å². The number of hydrogen-bond donors (Lipinski definition) is 2. The maximum atomic E-state index is 4.77. The van der Waals surface area contributed by atoms with Crippen molar-refractivity contribution in [3.8, 4) is 0 Å². The van der Waals surface area contributed by atoms with E-state index in [9.17, 15) is 0 Å². The Morgan fingerprint density at radius 3 is 2.88 bits per heavy atom. The van der Waals surface area contributed by atoms with Crippen molar-refractivity contribution in [3.05, 3.63) is 17.7 Å². The summed E-state index contributed by atoms with van der Waals surface area (Å²) in [5, 5.41) is 7.07. The molecule has 0 spiro atoms. The van der Waals surface area contributed by atoms with E-state index >= 15 is 0 Å². The number of aliphatic imine (C=N–C) groups is 1. The van der Waals surface area contributed by atoms with Crippen molar-refractivity contribution in [2.75, 3.05) is 26.7 Å². The molecule has 2 aliphatic rings. The molecule has 6 nitrogen and oxygen atoms in total.